The van der Waals surface area contributed by atoms with Gasteiger partial charge in [-0.05, 0) is 38.3 Å². The summed E-state index contributed by atoms with van der Waals surface area (Å²) in [6.45, 7) is 2.50. The van der Waals surface area contributed by atoms with E-state index in [1.807, 2.05) is 0 Å². The van der Waals surface area contributed by atoms with Gasteiger partial charge in [-0.2, -0.15) is 0 Å². The van der Waals surface area contributed by atoms with Crippen molar-refractivity contribution >= 4 is 11.9 Å². The topological polar surface area (TPSA) is 59.5 Å². The van der Waals surface area contributed by atoms with Crippen molar-refractivity contribution in [1.82, 2.24) is 9.88 Å². The number of carbonyl (C=O) groups excluding carboxylic acids is 2. The maximum absolute atomic E-state index is 12.8. The fraction of sp³-hybridized carbons (Fsp3) is 0.500. The van der Waals surface area contributed by atoms with E-state index < -0.39 is 11.9 Å². The summed E-state index contributed by atoms with van der Waals surface area (Å²) in [6.07, 6.45) is 3.30. The summed E-state index contributed by atoms with van der Waals surface area (Å²) in [6, 6.07) is 1.95. The van der Waals surface area contributed by atoms with Gasteiger partial charge >= 0.3 is 5.97 Å². The van der Waals surface area contributed by atoms with Gasteiger partial charge in [0.1, 0.15) is 17.6 Å². The lowest BCUT2D eigenvalue weighted by molar-refractivity contribution is -0.149. The first-order chi connectivity index (χ1) is 9.63. The molecule has 0 saturated carbocycles. The summed E-state index contributed by atoms with van der Waals surface area (Å²) in [5, 5.41) is 0. The van der Waals surface area contributed by atoms with Crippen LogP contribution in [0.5, 0.6) is 0 Å². The highest BCUT2D eigenvalue weighted by molar-refractivity contribution is 5.95. The number of amides is 1. The number of esters is 1. The molecule has 1 aliphatic heterocycles. The zero-order valence-corrected chi connectivity index (χ0v) is 11.3. The van der Waals surface area contributed by atoms with Gasteiger partial charge in [0.05, 0.1) is 12.8 Å². The van der Waals surface area contributed by atoms with Crippen LogP contribution in [0.25, 0.3) is 0 Å². The number of piperidine rings is 1. The lowest BCUT2D eigenvalue weighted by atomic mass is 10.0. The number of hydrogen-bond acceptors (Lipinski definition) is 4. The van der Waals surface area contributed by atoms with E-state index in [2.05, 4.69) is 4.98 Å². The molecule has 108 valence electrons. The van der Waals surface area contributed by atoms with E-state index in [9.17, 15) is 14.0 Å². The van der Waals surface area contributed by atoms with Gasteiger partial charge in [0.2, 0.25) is 0 Å². The molecule has 1 aromatic rings. The summed E-state index contributed by atoms with van der Waals surface area (Å²) in [4.78, 5) is 29.5. The molecule has 1 saturated heterocycles. The van der Waals surface area contributed by atoms with Gasteiger partial charge in [0.15, 0.2) is 0 Å². The second-order valence-corrected chi connectivity index (χ2v) is 4.62. The van der Waals surface area contributed by atoms with E-state index in [0.717, 1.165) is 19.0 Å². The first kappa shape index (κ1) is 14.4. The smallest absolute Gasteiger partial charge is 0.328 e. The number of ether oxygens (including phenoxy) is 1. The van der Waals surface area contributed by atoms with Gasteiger partial charge in [-0.3, -0.25) is 4.79 Å². The van der Waals surface area contributed by atoms with Crippen molar-refractivity contribution in [2.24, 2.45) is 0 Å². The molecular weight excluding hydrogens is 263 g/mol. The molecule has 1 aromatic heterocycles. The van der Waals surface area contributed by atoms with Crippen LogP contribution in [0.1, 0.15) is 36.7 Å². The van der Waals surface area contributed by atoms with Gasteiger partial charge in [0, 0.05) is 6.54 Å². The van der Waals surface area contributed by atoms with E-state index in [0.29, 0.717) is 13.0 Å². The monoisotopic (exact) mass is 280 g/mol. The number of aromatic nitrogens is 1. The average Bonchev–Trinajstić information content (AvgIpc) is 2.47. The summed E-state index contributed by atoms with van der Waals surface area (Å²) in [5.74, 6) is -1.24. The summed E-state index contributed by atoms with van der Waals surface area (Å²) < 4.78 is 17.8. The lowest BCUT2D eigenvalue weighted by Gasteiger charge is -2.33. The van der Waals surface area contributed by atoms with Gasteiger partial charge in [0.25, 0.3) is 5.91 Å². The van der Waals surface area contributed by atoms with Gasteiger partial charge in [-0.15, -0.1) is 0 Å². The minimum Gasteiger partial charge on any atom is -0.464 e. The fourth-order valence-corrected chi connectivity index (χ4v) is 2.31. The Kier molecular flexibility index (Phi) is 4.65. The normalized spacial score (nSPS) is 18.7. The second kappa shape index (κ2) is 6.45. The number of halogens is 1. The van der Waals surface area contributed by atoms with Crippen LogP contribution < -0.4 is 0 Å². The molecule has 0 N–H and O–H groups in total. The second-order valence-electron chi connectivity index (χ2n) is 4.62. The highest BCUT2D eigenvalue weighted by atomic mass is 19.1. The fourth-order valence-electron chi connectivity index (χ4n) is 2.31. The van der Waals surface area contributed by atoms with E-state index in [1.165, 1.54) is 17.0 Å². The number of rotatable bonds is 3. The molecule has 1 atom stereocenters. The van der Waals surface area contributed by atoms with Crippen LogP contribution in [-0.4, -0.2) is 41.0 Å². The van der Waals surface area contributed by atoms with E-state index in [4.69, 9.17) is 4.74 Å². The van der Waals surface area contributed by atoms with Crippen molar-refractivity contribution in [2.45, 2.75) is 32.2 Å². The SMILES string of the molecule is CCOC(=O)C1CCCCN1C(=O)c1ccc(F)cn1. The minimum atomic E-state index is -0.567. The predicted octanol–water partition coefficient (Wildman–Crippen LogP) is 1.78. The third kappa shape index (κ3) is 3.12. The molecule has 1 unspecified atom stereocenters. The number of hydrogen-bond donors (Lipinski definition) is 0. The van der Waals surface area contributed by atoms with Crippen LogP contribution in [-0.2, 0) is 9.53 Å². The standard InChI is InChI=1S/C14H17FN2O3/c1-2-20-14(19)12-5-3-4-8-17(12)13(18)11-7-6-10(15)9-16-11/h6-7,9,12H,2-5,8H2,1H3. The molecule has 6 heteroatoms. The quantitative estimate of drug-likeness (QED) is 0.792. The van der Waals surface area contributed by atoms with E-state index >= 15 is 0 Å². The number of likely N-dealkylation sites (tertiary alicyclic amines) is 1. The van der Waals surface area contributed by atoms with E-state index in [-0.39, 0.29) is 24.2 Å². The third-order valence-corrected chi connectivity index (χ3v) is 3.27. The summed E-state index contributed by atoms with van der Waals surface area (Å²) >= 11 is 0. The van der Waals surface area contributed by atoms with Crippen LogP contribution in [0.15, 0.2) is 18.3 Å². The molecule has 1 fully saturated rings. The number of carbonyl (C=O) groups is 2. The van der Waals surface area contributed by atoms with Crippen molar-refractivity contribution in [1.29, 1.82) is 0 Å². The molecule has 1 amide bonds. The molecule has 0 aliphatic carbocycles. The van der Waals surface area contributed by atoms with E-state index in [1.54, 1.807) is 6.92 Å². The zero-order valence-electron chi connectivity index (χ0n) is 11.3. The Hall–Kier alpha value is -1.98. The number of pyridine rings is 1. The molecule has 0 radical (unpaired) electrons. The lowest BCUT2D eigenvalue weighted by Crippen LogP contribution is -2.48. The van der Waals surface area contributed by atoms with Crippen molar-refractivity contribution in [3.63, 3.8) is 0 Å². The van der Waals surface area contributed by atoms with Gasteiger partial charge in [-0.25, -0.2) is 14.2 Å². The Bertz CT molecular complexity index is 490. The maximum Gasteiger partial charge on any atom is 0.328 e. The minimum absolute atomic E-state index is 0.141. The van der Waals surface area contributed by atoms with Crippen molar-refractivity contribution < 1.29 is 18.7 Å². The van der Waals surface area contributed by atoms with Crippen molar-refractivity contribution in [3.05, 3.63) is 29.8 Å². The zero-order chi connectivity index (χ0) is 14.5. The molecule has 2 heterocycles. The Morgan fingerprint density at radius 2 is 2.25 bits per heavy atom. The van der Waals surface area contributed by atoms with Crippen molar-refractivity contribution in [2.75, 3.05) is 13.2 Å². The third-order valence-electron chi connectivity index (χ3n) is 3.27. The van der Waals surface area contributed by atoms with Crippen LogP contribution in [0.4, 0.5) is 4.39 Å². The highest BCUT2D eigenvalue weighted by Crippen LogP contribution is 2.20. The molecule has 0 aromatic carbocycles. The molecule has 20 heavy (non-hydrogen) atoms. The molecule has 1 aliphatic rings. The first-order valence-corrected chi connectivity index (χ1v) is 6.72. The Morgan fingerprint density at radius 3 is 2.90 bits per heavy atom. The average molecular weight is 280 g/mol. The van der Waals surface area contributed by atoms with Crippen LogP contribution in [0.2, 0.25) is 0 Å². The summed E-state index contributed by atoms with van der Waals surface area (Å²) in [7, 11) is 0. The van der Waals surface area contributed by atoms with Crippen LogP contribution in [0.3, 0.4) is 0 Å². The van der Waals surface area contributed by atoms with Crippen molar-refractivity contribution in [3.8, 4) is 0 Å². The number of nitrogens with zero attached hydrogens (tertiary/aromatic N) is 2. The highest BCUT2D eigenvalue weighted by Gasteiger charge is 2.34. The van der Waals surface area contributed by atoms with Gasteiger partial charge < -0.3 is 9.64 Å². The summed E-state index contributed by atoms with van der Waals surface area (Å²) in [5.41, 5.74) is 0.141. The Labute approximate surface area is 116 Å². The van der Waals surface area contributed by atoms with Gasteiger partial charge in [-0.1, -0.05) is 0 Å². The maximum atomic E-state index is 12.8. The first-order valence-electron chi connectivity index (χ1n) is 6.72. The molecule has 2 rings (SSSR count). The largest absolute Gasteiger partial charge is 0.464 e. The van der Waals surface area contributed by atoms with Crippen LogP contribution in [0, 0.1) is 5.82 Å². The predicted molar refractivity (Wildman–Crippen MR) is 69.5 cm³/mol. The van der Waals surface area contributed by atoms with Crippen LogP contribution >= 0.6 is 0 Å². The molecule has 0 bridgehead atoms. The molecule has 0 spiro atoms. The Balaban J connectivity index is 2.16. The molecule has 5 nitrogen and oxygen atoms in total. The Morgan fingerprint density at radius 1 is 1.45 bits per heavy atom. The molecular formula is C14H17FN2O3.